The number of halogens is 2. The number of anilines is 2. The third kappa shape index (κ3) is 4.75. The first-order valence-electron chi connectivity index (χ1n) is 13.3. The fourth-order valence-electron chi connectivity index (χ4n) is 5.40. The van der Waals surface area contributed by atoms with Crippen molar-refractivity contribution < 1.29 is 23.1 Å². The molecule has 1 atom stereocenters. The molecule has 0 saturated carbocycles. The number of rotatable bonds is 7. The lowest BCUT2D eigenvalue weighted by atomic mass is 10.0. The van der Waals surface area contributed by atoms with Crippen molar-refractivity contribution in [3.8, 4) is 5.75 Å². The molecule has 3 aromatic rings. The van der Waals surface area contributed by atoms with Crippen molar-refractivity contribution in [3.63, 3.8) is 0 Å². The molecule has 208 valence electrons. The topological polar surface area (TPSA) is 83.9 Å². The van der Waals surface area contributed by atoms with Gasteiger partial charge in [-0.3, -0.25) is 9.18 Å². The Balaban J connectivity index is 0.00000151. The van der Waals surface area contributed by atoms with E-state index in [9.17, 15) is 13.6 Å². The van der Waals surface area contributed by atoms with Crippen LogP contribution in [0.2, 0.25) is 0 Å². The molecule has 9 nitrogen and oxygen atoms in total. The quantitative estimate of drug-likeness (QED) is 0.455. The van der Waals surface area contributed by atoms with E-state index in [1.54, 1.807) is 4.90 Å². The fourth-order valence-corrected chi connectivity index (χ4v) is 5.40. The van der Waals surface area contributed by atoms with Crippen molar-refractivity contribution in [1.29, 1.82) is 0 Å². The molecule has 0 fully saturated rings. The minimum atomic E-state index is -0.451. The van der Waals surface area contributed by atoms with Crippen LogP contribution in [0, 0.1) is 5.82 Å². The molecule has 39 heavy (non-hydrogen) atoms. The van der Waals surface area contributed by atoms with Crippen LogP contribution in [0.1, 0.15) is 48.2 Å². The monoisotopic (exact) mass is 540 g/mol. The number of nitrogens with one attached hydrogen (secondary N) is 2. The van der Waals surface area contributed by atoms with E-state index >= 15 is 0 Å². The lowest BCUT2D eigenvalue weighted by Gasteiger charge is -2.28. The Labute approximate surface area is 226 Å². The number of amides is 1. The normalized spacial score (nSPS) is 17.7. The number of hydroxylamine groups is 1. The molecular formula is C28H34F2N6O3. The smallest absolute Gasteiger partial charge is 0.255 e. The Morgan fingerprint density at radius 3 is 2.77 bits per heavy atom. The van der Waals surface area contributed by atoms with Gasteiger partial charge in [0.2, 0.25) is 0 Å². The highest BCUT2D eigenvalue weighted by Crippen LogP contribution is 2.43. The minimum Gasteiger partial charge on any atom is -0.494 e. The van der Waals surface area contributed by atoms with E-state index in [4.69, 9.17) is 14.6 Å². The summed E-state index contributed by atoms with van der Waals surface area (Å²) in [5, 5.41) is 4.21. The maximum atomic E-state index is 14.4. The predicted molar refractivity (Wildman–Crippen MR) is 146 cm³/mol. The van der Waals surface area contributed by atoms with Gasteiger partial charge in [-0.1, -0.05) is 13.8 Å². The zero-order valence-electron chi connectivity index (χ0n) is 22.7. The second kappa shape index (κ2) is 11.1. The maximum absolute atomic E-state index is 14.4. The van der Waals surface area contributed by atoms with Crippen LogP contribution < -0.4 is 20.4 Å². The predicted octanol–water partition coefficient (Wildman–Crippen LogP) is 4.55. The molecule has 3 aliphatic heterocycles. The van der Waals surface area contributed by atoms with Crippen molar-refractivity contribution >= 4 is 28.3 Å². The molecule has 1 aromatic carbocycles. The van der Waals surface area contributed by atoms with Gasteiger partial charge in [0.05, 0.1) is 55.0 Å². The molecule has 0 saturated heterocycles. The number of ether oxygens (including phenoxy) is 1. The van der Waals surface area contributed by atoms with Gasteiger partial charge in [0.15, 0.2) is 5.82 Å². The van der Waals surface area contributed by atoms with Crippen LogP contribution in [0.3, 0.4) is 0 Å². The molecule has 2 aromatic heterocycles. The fraction of sp³-hybridized carbons (Fsp3) is 0.429. The van der Waals surface area contributed by atoms with Gasteiger partial charge < -0.3 is 29.3 Å². The number of carbonyl (C=O) groups excluding carboxylic acids is 1. The van der Waals surface area contributed by atoms with Crippen LogP contribution in [0.5, 0.6) is 5.75 Å². The van der Waals surface area contributed by atoms with Crippen LogP contribution in [0.25, 0.3) is 10.9 Å². The van der Waals surface area contributed by atoms with Crippen molar-refractivity contribution in [3.05, 3.63) is 58.9 Å². The SMILES string of the molecule is CC.COc1cc(F)cc2cc(C3Nc4cc5c(nc4N3C)CCN(CCCF)C5=O)n(CC3=CCNO3)c12. The van der Waals surface area contributed by atoms with Gasteiger partial charge >= 0.3 is 0 Å². The van der Waals surface area contributed by atoms with Crippen LogP contribution in [-0.2, 0) is 17.8 Å². The summed E-state index contributed by atoms with van der Waals surface area (Å²) in [4.78, 5) is 27.2. The highest BCUT2D eigenvalue weighted by molar-refractivity contribution is 5.98. The van der Waals surface area contributed by atoms with Crippen molar-refractivity contribution in [2.24, 2.45) is 0 Å². The van der Waals surface area contributed by atoms with Gasteiger partial charge in [-0.05, 0) is 30.7 Å². The highest BCUT2D eigenvalue weighted by Gasteiger charge is 2.35. The second-order valence-electron chi connectivity index (χ2n) is 9.42. The molecular weight excluding hydrogens is 506 g/mol. The number of nitrogens with zero attached hydrogens (tertiary/aromatic N) is 4. The van der Waals surface area contributed by atoms with Gasteiger partial charge in [0.1, 0.15) is 23.5 Å². The third-order valence-corrected chi connectivity index (χ3v) is 7.18. The van der Waals surface area contributed by atoms with Gasteiger partial charge in [-0.2, -0.15) is 5.48 Å². The Morgan fingerprint density at radius 1 is 1.23 bits per heavy atom. The molecule has 0 bridgehead atoms. The first-order valence-corrected chi connectivity index (χ1v) is 13.3. The Morgan fingerprint density at radius 2 is 2.05 bits per heavy atom. The van der Waals surface area contributed by atoms with E-state index in [-0.39, 0.29) is 17.9 Å². The number of allylic oxidation sites excluding steroid dienone is 1. The molecule has 0 radical (unpaired) electrons. The summed E-state index contributed by atoms with van der Waals surface area (Å²) in [5.74, 6) is 1.41. The molecule has 11 heteroatoms. The summed E-state index contributed by atoms with van der Waals surface area (Å²) >= 11 is 0. The Bertz CT molecular complexity index is 1420. The van der Waals surface area contributed by atoms with Crippen LogP contribution in [0.15, 0.2) is 36.1 Å². The number of hydrogen-bond acceptors (Lipinski definition) is 7. The lowest BCUT2D eigenvalue weighted by molar-refractivity contribution is 0.0733. The number of aromatic nitrogens is 2. The van der Waals surface area contributed by atoms with Crippen LogP contribution in [0.4, 0.5) is 20.3 Å². The summed E-state index contributed by atoms with van der Waals surface area (Å²) in [6.07, 6.45) is 2.57. The van der Waals surface area contributed by atoms with Crippen molar-refractivity contribution in [2.75, 3.05) is 50.7 Å². The largest absolute Gasteiger partial charge is 0.494 e. The van der Waals surface area contributed by atoms with Crippen LogP contribution in [-0.4, -0.2) is 60.8 Å². The lowest BCUT2D eigenvalue weighted by Crippen LogP contribution is -2.38. The molecule has 6 rings (SSSR count). The summed E-state index contributed by atoms with van der Waals surface area (Å²) in [5.41, 5.74) is 6.49. The molecule has 1 unspecified atom stereocenters. The second-order valence-corrected chi connectivity index (χ2v) is 9.42. The molecule has 2 N–H and O–H groups in total. The van der Waals surface area contributed by atoms with Gasteiger partial charge in [0.25, 0.3) is 5.91 Å². The summed E-state index contributed by atoms with van der Waals surface area (Å²) in [6, 6.07) is 6.65. The average Bonchev–Trinajstić information content (AvgIpc) is 3.67. The zero-order chi connectivity index (χ0) is 27.7. The van der Waals surface area contributed by atoms with Crippen molar-refractivity contribution in [1.82, 2.24) is 19.9 Å². The number of carbonyl (C=O) groups is 1. The van der Waals surface area contributed by atoms with E-state index in [1.165, 1.54) is 19.2 Å². The number of fused-ring (bicyclic) bond motifs is 3. The van der Waals surface area contributed by atoms with E-state index in [0.29, 0.717) is 55.7 Å². The van der Waals surface area contributed by atoms with E-state index in [0.717, 1.165) is 34.2 Å². The number of benzene rings is 1. The summed E-state index contributed by atoms with van der Waals surface area (Å²) < 4.78 is 34.7. The molecule has 0 spiro atoms. The zero-order valence-corrected chi connectivity index (χ0v) is 22.7. The molecule has 5 heterocycles. The van der Waals surface area contributed by atoms with E-state index in [1.807, 2.05) is 44.0 Å². The first-order chi connectivity index (χ1) is 19.0. The summed E-state index contributed by atoms with van der Waals surface area (Å²) in [6.45, 7) is 5.50. The standard InChI is InChI=1S/C26H28F2N6O3.C2H6/c1-32-24-20(13-18-19(30-24)5-9-33(26(18)35)8-3-6-27)31-25(32)21-11-15-10-16(28)12-22(36-2)23(15)34(21)14-17-4-7-29-37-17;1-2/h4,10-13,25,29,31H,3,5-9,14H2,1-2H3;1-2H3. The van der Waals surface area contributed by atoms with E-state index < -0.39 is 6.67 Å². The molecule has 3 aliphatic rings. The number of alkyl halides is 1. The van der Waals surface area contributed by atoms with Gasteiger partial charge in [-0.15, -0.1) is 0 Å². The first kappa shape index (κ1) is 26.7. The molecule has 1 amide bonds. The number of hydrogen-bond donors (Lipinski definition) is 2. The molecule has 0 aliphatic carbocycles. The Kier molecular flexibility index (Phi) is 7.60. The Hall–Kier alpha value is -3.86. The third-order valence-electron chi connectivity index (χ3n) is 7.18. The summed E-state index contributed by atoms with van der Waals surface area (Å²) in [7, 11) is 3.46. The van der Waals surface area contributed by atoms with Crippen LogP contribution >= 0.6 is 0 Å². The minimum absolute atomic E-state index is 0.120. The van der Waals surface area contributed by atoms with Gasteiger partial charge in [-0.25, -0.2) is 9.37 Å². The maximum Gasteiger partial charge on any atom is 0.255 e. The van der Waals surface area contributed by atoms with Crippen molar-refractivity contribution in [2.45, 2.75) is 39.4 Å². The highest BCUT2D eigenvalue weighted by atomic mass is 19.1. The number of methoxy groups -OCH3 is 1. The van der Waals surface area contributed by atoms with Gasteiger partial charge in [0, 0.05) is 38.0 Å². The van der Waals surface area contributed by atoms with E-state index in [2.05, 4.69) is 15.4 Å². The average molecular weight is 541 g/mol. The number of pyridine rings is 1.